The third-order valence-electron chi connectivity index (χ3n) is 15.5. The number of carbonyl (C=O) groups excluding carboxylic acids is 2. The lowest BCUT2D eigenvalue weighted by Crippen LogP contribution is -3.00. The van der Waals surface area contributed by atoms with Crippen LogP contribution >= 0.6 is 0 Å². The molecule has 0 spiro atoms. The Labute approximate surface area is 486 Å². The first-order valence-electron chi connectivity index (χ1n) is 27.1. The van der Waals surface area contributed by atoms with Gasteiger partial charge < -0.3 is 95.4 Å². The predicted octanol–water partition coefficient (Wildman–Crippen LogP) is 3.44. The minimum atomic E-state index is -0.257. The van der Waals surface area contributed by atoms with Gasteiger partial charge >= 0.3 is 11.9 Å². The van der Waals surface area contributed by atoms with Crippen LogP contribution in [0.1, 0.15) is 90.4 Å². The summed E-state index contributed by atoms with van der Waals surface area (Å²) in [7, 11) is 21.0. The molecule has 0 bridgehead atoms. The maximum atomic E-state index is 12.8. The second-order valence-electron chi connectivity index (χ2n) is 20.3. The van der Waals surface area contributed by atoms with Gasteiger partial charge in [0.15, 0.2) is 46.0 Å². The summed E-state index contributed by atoms with van der Waals surface area (Å²) in [6.45, 7) is 5.25. The topological polar surface area (TPSA) is 154 Å². The molecule has 444 valence electrons. The summed E-state index contributed by atoms with van der Waals surface area (Å²) in [6, 6.07) is 16.7. The zero-order valence-electron chi connectivity index (χ0n) is 49.1. The number of rotatable bonds is 32. The SMILES string of the molecule is COc1cc2c(cc1OC)[C@@H](Cc1cc(OC)c(OC)c(OC)c1)[N+](C)(CCCOC(=O)CC/C=C/CCC(=O)OCCCOCCC[N+]1(C)CCc3cc(OC)c(OC)cc3[C@@H]1Cc1cc(OC)c(OC)c(OC)c1)CC2.[Cl-].[Cl-]. The van der Waals surface area contributed by atoms with Gasteiger partial charge in [0.2, 0.25) is 11.5 Å². The van der Waals surface area contributed by atoms with E-state index in [0.717, 1.165) is 77.7 Å². The normalized spacial score (nSPS) is 18.1. The number of methoxy groups -OCH3 is 10. The van der Waals surface area contributed by atoms with E-state index in [1.54, 1.807) is 71.1 Å². The Kier molecular flexibility index (Phi) is 27.0. The van der Waals surface area contributed by atoms with E-state index in [9.17, 15) is 9.59 Å². The third-order valence-corrected chi connectivity index (χ3v) is 15.5. The van der Waals surface area contributed by atoms with E-state index in [0.29, 0.717) is 110 Å². The number of ether oxygens (including phenoxy) is 13. The Morgan fingerprint density at radius 1 is 0.450 bits per heavy atom. The average Bonchev–Trinajstić information content (AvgIpc) is 3.57. The van der Waals surface area contributed by atoms with E-state index < -0.39 is 0 Å². The van der Waals surface area contributed by atoms with Gasteiger partial charge in [0, 0.05) is 75.5 Å². The van der Waals surface area contributed by atoms with Crippen molar-refractivity contribution in [3.63, 3.8) is 0 Å². The molecule has 17 nitrogen and oxygen atoms in total. The van der Waals surface area contributed by atoms with Crippen molar-refractivity contribution in [3.8, 4) is 57.5 Å². The minimum absolute atomic E-state index is 0. The van der Waals surface area contributed by atoms with Crippen molar-refractivity contribution in [2.24, 2.45) is 0 Å². The van der Waals surface area contributed by atoms with Crippen LogP contribution in [0.2, 0.25) is 0 Å². The fraction of sp³-hybridized carbons (Fsp3) is 0.541. The Balaban J connectivity index is 0.00000689. The Bertz CT molecular complexity index is 2600. The number of halogens is 2. The number of carbonyl (C=O) groups is 2. The molecule has 0 N–H and O–H groups in total. The lowest BCUT2D eigenvalue weighted by atomic mass is 9.86. The second kappa shape index (κ2) is 32.5. The molecule has 4 aromatic carbocycles. The van der Waals surface area contributed by atoms with Gasteiger partial charge in [-0.05, 0) is 83.6 Å². The van der Waals surface area contributed by atoms with E-state index in [4.69, 9.17) is 61.6 Å². The molecule has 6 rings (SSSR count). The molecular formula is C61H86Cl2N2O15. The summed E-state index contributed by atoms with van der Waals surface area (Å²) >= 11 is 0. The molecule has 0 saturated heterocycles. The molecule has 0 fully saturated rings. The van der Waals surface area contributed by atoms with Gasteiger partial charge in [-0.3, -0.25) is 9.59 Å². The number of benzene rings is 4. The van der Waals surface area contributed by atoms with Gasteiger partial charge in [0.05, 0.1) is 131 Å². The smallest absolute Gasteiger partial charge is 0.306 e. The summed E-state index contributed by atoms with van der Waals surface area (Å²) < 4.78 is 75.7. The van der Waals surface area contributed by atoms with E-state index >= 15 is 0 Å². The summed E-state index contributed by atoms with van der Waals surface area (Å²) in [4.78, 5) is 25.3. The van der Waals surface area contributed by atoms with Crippen molar-refractivity contribution in [2.45, 2.75) is 82.7 Å². The van der Waals surface area contributed by atoms with Crippen molar-refractivity contribution < 1.29 is 105 Å². The number of nitrogens with zero attached hydrogens (tertiary/aromatic N) is 2. The van der Waals surface area contributed by atoms with Crippen LogP contribution in [0.3, 0.4) is 0 Å². The van der Waals surface area contributed by atoms with Crippen molar-refractivity contribution in [1.82, 2.24) is 0 Å². The zero-order valence-corrected chi connectivity index (χ0v) is 50.6. The quantitative estimate of drug-likeness (QED) is 0.0304. The fourth-order valence-corrected chi connectivity index (χ4v) is 11.2. The van der Waals surface area contributed by atoms with Crippen LogP contribution < -0.4 is 72.2 Å². The van der Waals surface area contributed by atoms with E-state index in [-0.39, 0.29) is 61.7 Å². The predicted molar refractivity (Wildman–Crippen MR) is 298 cm³/mol. The first-order valence-corrected chi connectivity index (χ1v) is 27.1. The largest absolute Gasteiger partial charge is 1.00 e. The van der Waals surface area contributed by atoms with E-state index in [2.05, 4.69) is 38.4 Å². The highest BCUT2D eigenvalue weighted by molar-refractivity contribution is 5.70. The molecule has 2 aliphatic heterocycles. The summed E-state index contributed by atoms with van der Waals surface area (Å²) in [5.74, 6) is 5.90. The molecule has 0 aromatic heterocycles. The first-order chi connectivity index (χ1) is 37.7. The number of allylic oxidation sites excluding steroid dienone is 2. The standard InChI is InChI=1S/C61H86N2O15.2ClH/c1-62(26-22-44-38-50(66-3)52(68-5)40-46(44)48(62)32-42-34-54(70-7)60(74-11)55(35-42)71-8)24-17-28-76-29-19-31-78-59(65)21-16-14-13-15-20-58(64)77-30-18-25-63(2)27-23-45-39-51(67-4)53(69-6)41-47(45)49(63)33-43-36-56(72-9)61(75-12)57(37-43)73-10;;/h13-14,34-41,48-49H,15-33H2,1-12H3;2*1H/q+2;;/p-2/b14-13+;;/t48-,49+,62?,63?;;/m0../s1. The maximum Gasteiger partial charge on any atom is 0.306 e. The zero-order chi connectivity index (χ0) is 56.2. The monoisotopic (exact) mass is 1160 g/mol. The number of fused-ring (bicyclic) bond motifs is 2. The van der Waals surface area contributed by atoms with Crippen molar-refractivity contribution >= 4 is 11.9 Å². The Morgan fingerprint density at radius 3 is 1.15 bits per heavy atom. The van der Waals surface area contributed by atoms with Gasteiger partial charge in [-0.25, -0.2) is 0 Å². The summed E-state index contributed by atoms with van der Waals surface area (Å²) in [5, 5.41) is 0. The average molecular weight is 1160 g/mol. The van der Waals surface area contributed by atoms with Crippen LogP contribution in [0, 0.1) is 0 Å². The maximum absolute atomic E-state index is 12.8. The first kappa shape index (κ1) is 66.5. The van der Waals surface area contributed by atoms with Crippen molar-refractivity contribution in [3.05, 3.63) is 94.1 Å². The molecule has 0 radical (unpaired) electrons. The van der Waals surface area contributed by atoms with Gasteiger partial charge in [-0.2, -0.15) is 0 Å². The summed E-state index contributed by atoms with van der Waals surface area (Å²) in [6.07, 6.45) is 10.8. The van der Waals surface area contributed by atoms with Crippen molar-refractivity contribution in [1.29, 1.82) is 0 Å². The number of quaternary nitrogens is 2. The lowest BCUT2D eigenvalue weighted by Gasteiger charge is -2.46. The van der Waals surface area contributed by atoms with E-state index in [1.807, 2.05) is 36.4 Å². The van der Waals surface area contributed by atoms with Crippen LogP contribution in [0.15, 0.2) is 60.7 Å². The molecule has 0 saturated carbocycles. The second-order valence-corrected chi connectivity index (χ2v) is 20.3. The molecule has 19 heteroatoms. The molecule has 4 aromatic rings. The molecule has 2 heterocycles. The van der Waals surface area contributed by atoms with Crippen LogP contribution in [0.4, 0.5) is 0 Å². The molecular weight excluding hydrogens is 1070 g/mol. The molecule has 4 atom stereocenters. The van der Waals surface area contributed by atoms with E-state index in [1.165, 1.54) is 22.3 Å². The minimum Gasteiger partial charge on any atom is -1.00 e. The Morgan fingerprint density at radius 2 is 0.787 bits per heavy atom. The van der Waals surface area contributed by atoms with Crippen LogP contribution in [-0.4, -0.2) is 159 Å². The Hall–Kier alpha value is -5.98. The highest BCUT2D eigenvalue weighted by Crippen LogP contribution is 2.47. The van der Waals surface area contributed by atoms with Crippen LogP contribution in [0.5, 0.6) is 57.5 Å². The van der Waals surface area contributed by atoms with Crippen LogP contribution in [-0.2, 0) is 49.5 Å². The number of esters is 2. The third kappa shape index (κ3) is 16.8. The van der Waals surface area contributed by atoms with Crippen molar-refractivity contribution in [2.75, 3.05) is 138 Å². The fourth-order valence-electron chi connectivity index (χ4n) is 11.2. The molecule has 2 aliphatic rings. The van der Waals surface area contributed by atoms with Gasteiger partial charge in [-0.1, -0.05) is 12.2 Å². The van der Waals surface area contributed by atoms with Gasteiger partial charge in [0.25, 0.3) is 0 Å². The van der Waals surface area contributed by atoms with Gasteiger partial charge in [-0.15, -0.1) is 0 Å². The highest BCUT2D eigenvalue weighted by Gasteiger charge is 2.42. The molecule has 80 heavy (non-hydrogen) atoms. The van der Waals surface area contributed by atoms with Crippen LogP contribution in [0.25, 0.3) is 0 Å². The number of likely N-dealkylation sites (N-methyl/N-ethyl adjacent to an activating group) is 2. The van der Waals surface area contributed by atoms with Gasteiger partial charge in [0.1, 0.15) is 12.1 Å². The molecule has 0 amide bonds. The summed E-state index contributed by atoms with van der Waals surface area (Å²) in [5.41, 5.74) is 7.03. The number of hydrogen-bond acceptors (Lipinski definition) is 15. The highest BCUT2D eigenvalue weighted by atomic mass is 35.5. The molecule has 0 aliphatic carbocycles. The lowest BCUT2D eigenvalue weighted by molar-refractivity contribution is -0.941. The molecule has 2 unspecified atom stereocenters. The number of hydrogen-bond donors (Lipinski definition) is 0.